The average Bonchev–Trinajstić information content (AvgIpc) is 2.94. The van der Waals surface area contributed by atoms with Crippen molar-refractivity contribution in [2.45, 2.75) is 52.0 Å². The van der Waals surface area contributed by atoms with Crippen LogP contribution in [0.4, 0.5) is 5.69 Å². The van der Waals surface area contributed by atoms with Crippen molar-refractivity contribution in [3.8, 4) is 0 Å². The van der Waals surface area contributed by atoms with Crippen molar-refractivity contribution < 1.29 is 4.79 Å². The standard InChI is InChI=1S/C18H26N2O/c1-12(2)15-5-3-4-6-17(15)20-18(21)14-7-8-16-13(11-14)9-10-19-16/h7-8,11-12,15,17,19H,3-6,9-10H2,1-2H3,(H,20,21). The van der Waals surface area contributed by atoms with E-state index in [2.05, 4.69) is 30.5 Å². The Hall–Kier alpha value is -1.51. The van der Waals surface area contributed by atoms with Gasteiger partial charge < -0.3 is 10.6 Å². The van der Waals surface area contributed by atoms with Gasteiger partial charge in [0.05, 0.1) is 0 Å². The highest BCUT2D eigenvalue weighted by Gasteiger charge is 2.29. The first-order valence-electron chi connectivity index (χ1n) is 8.33. The fraction of sp³-hybridized carbons (Fsp3) is 0.611. The van der Waals surface area contributed by atoms with Crippen molar-refractivity contribution in [1.82, 2.24) is 5.32 Å². The first-order valence-corrected chi connectivity index (χ1v) is 8.33. The highest BCUT2D eigenvalue weighted by Crippen LogP contribution is 2.30. The maximum absolute atomic E-state index is 12.5. The van der Waals surface area contributed by atoms with Gasteiger partial charge in [-0.25, -0.2) is 0 Å². The van der Waals surface area contributed by atoms with Crippen LogP contribution in [0.15, 0.2) is 18.2 Å². The molecule has 1 aromatic rings. The van der Waals surface area contributed by atoms with E-state index in [9.17, 15) is 4.79 Å². The van der Waals surface area contributed by atoms with E-state index in [0.717, 1.165) is 24.9 Å². The molecule has 3 heteroatoms. The Kier molecular flexibility index (Phi) is 4.18. The Morgan fingerprint density at radius 1 is 1.29 bits per heavy atom. The fourth-order valence-electron chi connectivity index (χ4n) is 3.83. The molecule has 2 N–H and O–H groups in total. The van der Waals surface area contributed by atoms with Crippen molar-refractivity contribution in [1.29, 1.82) is 0 Å². The van der Waals surface area contributed by atoms with E-state index >= 15 is 0 Å². The molecule has 2 atom stereocenters. The summed E-state index contributed by atoms with van der Waals surface area (Å²) in [5, 5.41) is 6.64. The van der Waals surface area contributed by atoms with Crippen LogP contribution in [0.3, 0.4) is 0 Å². The summed E-state index contributed by atoms with van der Waals surface area (Å²) in [6, 6.07) is 6.38. The Labute approximate surface area is 127 Å². The van der Waals surface area contributed by atoms with Gasteiger partial charge in [-0.1, -0.05) is 26.7 Å². The van der Waals surface area contributed by atoms with Crippen LogP contribution < -0.4 is 10.6 Å². The lowest BCUT2D eigenvalue weighted by Gasteiger charge is -2.35. The third-order valence-electron chi connectivity index (χ3n) is 5.07. The number of anilines is 1. The van der Waals surface area contributed by atoms with Gasteiger partial charge in [0, 0.05) is 23.8 Å². The van der Waals surface area contributed by atoms with E-state index in [0.29, 0.717) is 17.9 Å². The van der Waals surface area contributed by atoms with Crippen LogP contribution in [0.2, 0.25) is 0 Å². The molecule has 0 spiro atoms. The number of amides is 1. The maximum Gasteiger partial charge on any atom is 0.251 e. The predicted octanol–water partition coefficient (Wildman–Crippen LogP) is 3.60. The van der Waals surface area contributed by atoms with Gasteiger partial charge in [0.15, 0.2) is 0 Å². The van der Waals surface area contributed by atoms with E-state index in [1.54, 1.807) is 0 Å². The fourth-order valence-corrected chi connectivity index (χ4v) is 3.83. The van der Waals surface area contributed by atoms with Crippen LogP contribution in [0.5, 0.6) is 0 Å². The zero-order valence-corrected chi connectivity index (χ0v) is 13.1. The highest BCUT2D eigenvalue weighted by atomic mass is 16.1. The molecule has 114 valence electrons. The molecule has 0 aromatic heterocycles. The van der Waals surface area contributed by atoms with Gasteiger partial charge in [-0.3, -0.25) is 4.79 Å². The molecule has 3 rings (SSSR count). The third-order valence-corrected chi connectivity index (χ3v) is 5.07. The number of fused-ring (bicyclic) bond motifs is 1. The molecule has 1 fully saturated rings. The normalized spacial score (nSPS) is 24.5. The number of benzene rings is 1. The number of hydrogen-bond donors (Lipinski definition) is 2. The van der Waals surface area contributed by atoms with Gasteiger partial charge in [0.25, 0.3) is 5.91 Å². The first kappa shape index (κ1) is 14.4. The van der Waals surface area contributed by atoms with Gasteiger partial charge in [0.2, 0.25) is 0 Å². The number of hydrogen-bond acceptors (Lipinski definition) is 2. The van der Waals surface area contributed by atoms with Crippen molar-refractivity contribution in [2.75, 3.05) is 11.9 Å². The van der Waals surface area contributed by atoms with Gasteiger partial charge in [-0.2, -0.15) is 0 Å². The van der Waals surface area contributed by atoms with Gasteiger partial charge in [0.1, 0.15) is 0 Å². The summed E-state index contributed by atoms with van der Waals surface area (Å²) in [4.78, 5) is 12.5. The second-order valence-corrected chi connectivity index (χ2v) is 6.82. The van der Waals surface area contributed by atoms with E-state index in [1.165, 1.54) is 30.5 Å². The molecule has 3 nitrogen and oxygen atoms in total. The molecule has 1 saturated carbocycles. The number of nitrogens with one attached hydrogen (secondary N) is 2. The van der Waals surface area contributed by atoms with Crippen LogP contribution >= 0.6 is 0 Å². The molecule has 1 aromatic carbocycles. The zero-order chi connectivity index (χ0) is 14.8. The van der Waals surface area contributed by atoms with Crippen LogP contribution in [0.25, 0.3) is 0 Å². The van der Waals surface area contributed by atoms with Crippen molar-refractivity contribution >= 4 is 11.6 Å². The van der Waals surface area contributed by atoms with Crippen LogP contribution in [-0.2, 0) is 6.42 Å². The van der Waals surface area contributed by atoms with E-state index in [4.69, 9.17) is 0 Å². The number of carbonyl (C=O) groups excluding carboxylic acids is 1. The van der Waals surface area contributed by atoms with E-state index in [-0.39, 0.29) is 5.91 Å². The predicted molar refractivity (Wildman–Crippen MR) is 86.7 cm³/mol. The van der Waals surface area contributed by atoms with Gasteiger partial charge in [-0.15, -0.1) is 0 Å². The summed E-state index contributed by atoms with van der Waals surface area (Å²) in [6.45, 7) is 5.53. The number of carbonyl (C=O) groups is 1. The SMILES string of the molecule is CC(C)C1CCCCC1NC(=O)c1ccc2c(c1)CCN2. The topological polar surface area (TPSA) is 41.1 Å². The molecule has 0 bridgehead atoms. The lowest BCUT2D eigenvalue weighted by atomic mass is 9.78. The smallest absolute Gasteiger partial charge is 0.251 e. The second-order valence-electron chi connectivity index (χ2n) is 6.82. The van der Waals surface area contributed by atoms with Crippen molar-refractivity contribution in [3.05, 3.63) is 29.3 Å². The Morgan fingerprint density at radius 2 is 2.10 bits per heavy atom. The second kappa shape index (κ2) is 6.08. The molecular weight excluding hydrogens is 260 g/mol. The van der Waals surface area contributed by atoms with Crippen LogP contribution in [-0.4, -0.2) is 18.5 Å². The highest BCUT2D eigenvalue weighted by molar-refractivity contribution is 5.95. The summed E-state index contributed by atoms with van der Waals surface area (Å²) in [5.74, 6) is 1.36. The Balaban J connectivity index is 1.70. The van der Waals surface area contributed by atoms with Gasteiger partial charge in [-0.05, 0) is 54.9 Å². The largest absolute Gasteiger partial charge is 0.384 e. The summed E-state index contributed by atoms with van der Waals surface area (Å²) in [6.07, 6.45) is 5.94. The van der Waals surface area contributed by atoms with E-state index < -0.39 is 0 Å². The van der Waals surface area contributed by atoms with Gasteiger partial charge >= 0.3 is 0 Å². The molecule has 21 heavy (non-hydrogen) atoms. The Morgan fingerprint density at radius 3 is 2.90 bits per heavy atom. The monoisotopic (exact) mass is 286 g/mol. The van der Waals surface area contributed by atoms with Crippen LogP contribution in [0.1, 0.15) is 55.5 Å². The lowest BCUT2D eigenvalue weighted by molar-refractivity contribution is 0.0889. The zero-order valence-electron chi connectivity index (χ0n) is 13.1. The molecule has 1 amide bonds. The average molecular weight is 286 g/mol. The molecular formula is C18H26N2O. The quantitative estimate of drug-likeness (QED) is 0.891. The molecule has 1 heterocycles. The molecule has 2 unspecified atom stereocenters. The van der Waals surface area contributed by atoms with Crippen molar-refractivity contribution in [2.24, 2.45) is 11.8 Å². The van der Waals surface area contributed by atoms with Crippen LogP contribution in [0, 0.1) is 11.8 Å². The molecule has 1 aliphatic carbocycles. The van der Waals surface area contributed by atoms with E-state index in [1.807, 2.05) is 12.1 Å². The molecule has 1 aliphatic heterocycles. The summed E-state index contributed by atoms with van der Waals surface area (Å²) in [7, 11) is 0. The number of rotatable bonds is 3. The molecule has 0 saturated heterocycles. The first-order chi connectivity index (χ1) is 10.1. The minimum atomic E-state index is 0.0993. The maximum atomic E-state index is 12.5. The molecule has 0 radical (unpaired) electrons. The lowest BCUT2D eigenvalue weighted by Crippen LogP contribution is -2.43. The van der Waals surface area contributed by atoms with Crippen molar-refractivity contribution in [3.63, 3.8) is 0 Å². The summed E-state index contributed by atoms with van der Waals surface area (Å²) >= 11 is 0. The Bertz CT molecular complexity index is 524. The summed E-state index contributed by atoms with van der Waals surface area (Å²) < 4.78 is 0. The third kappa shape index (κ3) is 3.07. The minimum Gasteiger partial charge on any atom is -0.384 e. The minimum absolute atomic E-state index is 0.0993. The molecule has 2 aliphatic rings. The summed E-state index contributed by atoms with van der Waals surface area (Å²) in [5.41, 5.74) is 3.27.